The summed E-state index contributed by atoms with van der Waals surface area (Å²) in [7, 11) is -13.1. The third-order valence-electron chi connectivity index (χ3n) is 11.4. The predicted molar refractivity (Wildman–Crippen MR) is 229 cm³/mol. The summed E-state index contributed by atoms with van der Waals surface area (Å²) in [5, 5.41) is 12.0. The number of carbonyl (C=O) groups excluding carboxylic acids is 2. The third kappa shape index (κ3) is 11.8. The number of phenols is 1. The highest BCUT2D eigenvalue weighted by Crippen LogP contribution is 2.44. The molecule has 1 amide bonds. The van der Waals surface area contributed by atoms with Crippen LogP contribution in [0.1, 0.15) is 99.2 Å². The normalized spacial score (nSPS) is 18.8. The highest BCUT2D eigenvalue weighted by molar-refractivity contribution is 7.86. The van der Waals surface area contributed by atoms with Gasteiger partial charge < -0.3 is 24.5 Å². The predicted octanol–water partition coefficient (Wildman–Crippen LogP) is 5.25. The van der Waals surface area contributed by atoms with E-state index in [0.29, 0.717) is 92.7 Å². The topological polar surface area (TPSA) is 236 Å². The standard InChI is InChI=1S/C42H55N3O13S3/c1-42(2,3)58-41(48)28-14-20-45(21-15-28)40(47)34-26-32(61(55,56)57)11-12-33(34)39(31-10-13-36-29(24-31)8-4-16-43(36)18-6-22-59(49,50)51)35-25-30-9-5-17-44(37(30)27-38(35)46)19-7-23-60(52,53)54/h11-13,24-28,46H,4-10,14-23H2,1-3H3,(H,49,50,51)(H,52,53,54)(H,55,56,57)/b39-31+. The summed E-state index contributed by atoms with van der Waals surface area (Å²) in [6, 6.07) is 7.22. The second-order valence-electron chi connectivity index (χ2n) is 17.1. The van der Waals surface area contributed by atoms with E-state index < -0.39 is 58.4 Å². The fourth-order valence-corrected chi connectivity index (χ4v) is 10.1. The van der Waals surface area contributed by atoms with Crippen LogP contribution in [0.4, 0.5) is 5.69 Å². The molecule has 3 aliphatic heterocycles. The van der Waals surface area contributed by atoms with E-state index in [4.69, 9.17) is 4.74 Å². The van der Waals surface area contributed by atoms with Gasteiger partial charge in [-0.2, -0.15) is 25.3 Å². The monoisotopic (exact) mass is 905 g/mol. The van der Waals surface area contributed by atoms with Gasteiger partial charge in [0.15, 0.2) is 0 Å². The maximum absolute atomic E-state index is 14.7. The van der Waals surface area contributed by atoms with E-state index in [2.05, 4.69) is 4.90 Å². The maximum atomic E-state index is 14.7. The van der Waals surface area contributed by atoms with Crippen molar-refractivity contribution < 1.29 is 58.3 Å². The molecule has 0 bridgehead atoms. The minimum absolute atomic E-state index is 0.0408. The van der Waals surface area contributed by atoms with E-state index in [1.54, 1.807) is 26.8 Å². The number of amides is 1. The number of allylic oxidation sites excluding steroid dienone is 4. The zero-order chi connectivity index (χ0) is 44.5. The molecular formula is C42H55N3O13S3. The summed E-state index contributed by atoms with van der Waals surface area (Å²) in [6.45, 7) is 7.64. The van der Waals surface area contributed by atoms with Crippen LogP contribution in [-0.4, -0.2) is 122 Å². The van der Waals surface area contributed by atoms with Crippen molar-refractivity contribution in [1.29, 1.82) is 0 Å². The molecule has 6 rings (SSSR count). The molecule has 1 aliphatic carbocycles. The van der Waals surface area contributed by atoms with Crippen LogP contribution < -0.4 is 4.90 Å². The number of aryl methyl sites for hydroxylation is 1. The van der Waals surface area contributed by atoms with E-state index in [1.807, 2.05) is 23.1 Å². The Morgan fingerprint density at radius 2 is 1.41 bits per heavy atom. The number of hydrogen-bond donors (Lipinski definition) is 4. The number of phenolic OH excluding ortho intramolecular Hbond substituents is 1. The van der Waals surface area contributed by atoms with Gasteiger partial charge in [-0.3, -0.25) is 23.2 Å². The Morgan fingerprint density at radius 1 is 0.787 bits per heavy atom. The molecule has 0 aromatic heterocycles. The van der Waals surface area contributed by atoms with Gasteiger partial charge in [0.05, 0.1) is 22.3 Å². The van der Waals surface area contributed by atoms with Crippen LogP contribution in [0, 0.1) is 5.92 Å². The number of piperidine rings is 2. The van der Waals surface area contributed by atoms with E-state index in [1.165, 1.54) is 17.0 Å². The van der Waals surface area contributed by atoms with E-state index in [0.717, 1.165) is 29.3 Å². The number of carbonyl (C=O) groups is 2. The lowest BCUT2D eigenvalue weighted by Gasteiger charge is -2.36. The molecule has 0 radical (unpaired) electrons. The molecule has 0 unspecified atom stereocenters. The minimum Gasteiger partial charge on any atom is -0.507 e. The number of fused-ring (bicyclic) bond motifs is 2. The first-order chi connectivity index (χ1) is 28.5. The zero-order valence-electron chi connectivity index (χ0n) is 34.7. The average molecular weight is 906 g/mol. The van der Waals surface area contributed by atoms with Crippen LogP contribution in [0.5, 0.6) is 5.75 Å². The average Bonchev–Trinajstić information content (AvgIpc) is 3.16. The smallest absolute Gasteiger partial charge is 0.309 e. The number of nitrogens with zero attached hydrogens (tertiary/aromatic N) is 3. The Labute approximate surface area is 358 Å². The summed E-state index contributed by atoms with van der Waals surface area (Å²) >= 11 is 0. The number of ether oxygens (including phenoxy) is 1. The lowest BCUT2D eigenvalue weighted by molar-refractivity contribution is -0.161. The molecule has 334 valence electrons. The first-order valence-corrected chi connectivity index (χ1v) is 25.2. The molecule has 19 heteroatoms. The van der Waals surface area contributed by atoms with Crippen molar-refractivity contribution in [2.24, 2.45) is 5.92 Å². The highest BCUT2D eigenvalue weighted by atomic mass is 32.2. The van der Waals surface area contributed by atoms with Gasteiger partial charge in [-0.1, -0.05) is 18.2 Å². The Morgan fingerprint density at radius 3 is 2.03 bits per heavy atom. The third-order valence-corrected chi connectivity index (χ3v) is 13.8. The summed E-state index contributed by atoms with van der Waals surface area (Å²) in [6.07, 6.45) is 8.04. The van der Waals surface area contributed by atoms with Crippen LogP contribution in [0.15, 0.2) is 64.2 Å². The van der Waals surface area contributed by atoms with Crippen molar-refractivity contribution in [2.75, 3.05) is 55.7 Å². The van der Waals surface area contributed by atoms with Gasteiger partial charge in [-0.15, -0.1) is 0 Å². The van der Waals surface area contributed by atoms with E-state index >= 15 is 0 Å². The zero-order valence-corrected chi connectivity index (χ0v) is 37.1. The van der Waals surface area contributed by atoms with Crippen LogP contribution in [0.25, 0.3) is 5.57 Å². The van der Waals surface area contributed by atoms with Crippen LogP contribution >= 0.6 is 0 Å². The molecule has 3 heterocycles. The highest BCUT2D eigenvalue weighted by Gasteiger charge is 2.34. The number of hydrogen-bond acceptors (Lipinski definition) is 12. The second kappa shape index (κ2) is 18.2. The van der Waals surface area contributed by atoms with E-state index in [-0.39, 0.29) is 49.0 Å². The summed E-state index contributed by atoms with van der Waals surface area (Å²) in [5.74, 6) is -2.29. The van der Waals surface area contributed by atoms with Crippen molar-refractivity contribution in [1.82, 2.24) is 9.80 Å². The number of rotatable bonds is 13. The lowest BCUT2D eigenvalue weighted by atomic mass is 9.82. The molecule has 0 spiro atoms. The van der Waals surface area contributed by atoms with Crippen LogP contribution in [-0.2, 0) is 46.3 Å². The van der Waals surface area contributed by atoms with Crippen molar-refractivity contribution >= 4 is 53.5 Å². The Bertz CT molecular complexity index is 2480. The first-order valence-electron chi connectivity index (χ1n) is 20.5. The van der Waals surface area contributed by atoms with Crippen molar-refractivity contribution in [3.05, 3.63) is 81.6 Å². The second-order valence-corrected chi connectivity index (χ2v) is 21.7. The summed E-state index contributed by atoms with van der Waals surface area (Å²) < 4.78 is 105. The quantitative estimate of drug-likeness (QED) is 0.148. The molecule has 0 atom stereocenters. The van der Waals surface area contributed by atoms with Crippen molar-refractivity contribution in [2.45, 2.75) is 89.1 Å². The van der Waals surface area contributed by atoms with Crippen LogP contribution in [0.2, 0.25) is 0 Å². The lowest BCUT2D eigenvalue weighted by Crippen LogP contribution is -2.42. The minimum atomic E-state index is -4.78. The van der Waals surface area contributed by atoms with Gasteiger partial charge in [0.25, 0.3) is 36.3 Å². The Kier molecular flexibility index (Phi) is 13.8. The van der Waals surface area contributed by atoms with Gasteiger partial charge in [-0.25, -0.2) is 0 Å². The molecule has 2 aromatic rings. The Hall–Kier alpha value is -4.27. The summed E-state index contributed by atoms with van der Waals surface area (Å²) in [4.78, 5) is 32.7. The van der Waals surface area contributed by atoms with Crippen LogP contribution in [0.3, 0.4) is 0 Å². The first kappa shape index (κ1) is 46.2. The van der Waals surface area contributed by atoms with Crippen molar-refractivity contribution in [3.63, 3.8) is 0 Å². The molecule has 4 N–H and O–H groups in total. The van der Waals surface area contributed by atoms with Gasteiger partial charge >= 0.3 is 5.97 Å². The van der Waals surface area contributed by atoms with Gasteiger partial charge in [-0.05, 0) is 125 Å². The number of benzene rings is 2. The van der Waals surface area contributed by atoms with E-state index in [9.17, 15) is 53.6 Å². The fourth-order valence-electron chi connectivity index (χ4n) is 8.65. The molecule has 0 saturated carbocycles. The van der Waals surface area contributed by atoms with Crippen molar-refractivity contribution in [3.8, 4) is 5.75 Å². The molecule has 2 saturated heterocycles. The maximum Gasteiger partial charge on any atom is 0.309 e. The number of esters is 1. The van der Waals surface area contributed by atoms with Gasteiger partial charge in [0.2, 0.25) is 0 Å². The molecule has 61 heavy (non-hydrogen) atoms. The molecule has 16 nitrogen and oxygen atoms in total. The van der Waals surface area contributed by atoms with Gasteiger partial charge in [0.1, 0.15) is 11.4 Å². The molecule has 2 aromatic carbocycles. The Balaban J connectivity index is 1.46. The molecular weight excluding hydrogens is 851 g/mol. The SMILES string of the molecule is CC(C)(C)OC(=O)C1CCN(C(=O)c2cc(S(=O)(=O)O)ccc2/C(=C2\C=C3CCCN(CCCS(=O)(=O)O)C3=CC2)c2cc3c(cc2O)N(CCCS(=O)(=O)O)CCC3)CC1. The fraction of sp³-hybridized carbons (Fsp3) is 0.524. The molecule has 4 aliphatic rings. The summed E-state index contributed by atoms with van der Waals surface area (Å²) in [5.41, 5.74) is 4.46. The molecule has 2 fully saturated rings. The number of aromatic hydroxyl groups is 1. The largest absolute Gasteiger partial charge is 0.507 e. The number of likely N-dealkylation sites (tertiary alicyclic amines) is 2. The van der Waals surface area contributed by atoms with Gasteiger partial charge in [0, 0.05) is 67.8 Å². The number of anilines is 1.